The number of carbonyl (C=O) groups is 2. The highest BCUT2D eigenvalue weighted by Gasteiger charge is 2.29. The summed E-state index contributed by atoms with van der Waals surface area (Å²) in [4.78, 5) is 39.9. The number of piperidine rings is 1. The molecule has 9 heteroatoms. The molecule has 4 heterocycles. The van der Waals surface area contributed by atoms with Crippen LogP contribution in [0.2, 0.25) is 0 Å². The van der Waals surface area contributed by atoms with Gasteiger partial charge in [0.05, 0.1) is 30.8 Å². The first-order valence-corrected chi connectivity index (χ1v) is 14.4. The van der Waals surface area contributed by atoms with E-state index in [-0.39, 0.29) is 18.4 Å². The van der Waals surface area contributed by atoms with Gasteiger partial charge in [0.2, 0.25) is 0 Å². The van der Waals surface area contributed by atoms with Crippen LogP contribution in [0.5, 0.6) is 5.75 Å². The van der Waals surface area contributed by atoms with Crippen molar-refractivity contribution in [1.29, 1.82) is 0 Å². The molecule has 0 radical (unpaired) electrons. The predicted octanol–water partition coefficient (Wildman–Crippen LogP) is 4.62. The first kappa shape index (κ1) is 25.6. The van der Waals surface area contributed by atoms with Gasteiger partial charge in [-0.3, -0.25) is 9.59 Å². The van der Waals surface area contributed by atoms with Gasteiger partial charge < -0.3 is 29.2 Å². The number of anilines is 2. The van der Waals surface area contributed by atoms with Gasteiger partial charge in [-0.2, -0.15) is 0 Å². The lowest BCUT2D eigenvalue weighted by Gasteiger charge is -2.29. The molecule has 2 saturated heterocycles. The molecule has 3 aromatic carbocycles. The van der Waals surface area contributed by atoms with Crippen molar-refractivity contribution >= 4 is 34.2 Å². The molecule has 0 aliphatic carbocycles. The van der Waals surface area contributed by atoms with E-state index in [0.717, 1.165) is 97.2 Å². The summed E-state index contributed by atoms with van der Waals surface area (Å²) in [5, 5.41) is 0. The Bertz CT molecular complexity index is 1590. The third kappa shape index (κ3) is 5.13. The number of aromatic amines is 1. The van der Waals surface area contributed by atoms with Gasteiger partial charge in [0.15, 0.2) is 6.61 Å². The maximum absolute atomic E-state index is 13.3. The van der Waals surface area contributed by atoms with Gasteiger partial charge in [0.1, 0.15) is 11.6 Å². The summed E-state index contributed by atoms with van der Waals surface area (Å²) in [5.41, 5.74) is 6.39. The Balaban J connectivity index is 1.04. The van der Waals surface area contributed by atoms with Crippen LogP contribution in [0.3, 0.4) is 0 Å². The Hall–Kier alpha value is -4.37. The van der Waals surface area contributed by atoms with Gasteiger partial charge in [-0.1, -0.05) is 0 Å². The van der Waals surface area contributed by atoms with Crippen LogP contribution in [0.4, 0.5) is 11.4 Å². The number of benzene rings is 3. The number of carbonyl (C=O) groups excluding carboxylic acids is 2. The number of amides is 2. The number of hydrogen-bond acceptors (Lipinski definition) is 6. The number of imidazole rings is 1. The van der Waals surface area contributed by atoms with Crippen molar-refractivity contribution in [1.82, 2.24) is 14.9 Å². The lowest BCUT2D eigenvalue weighted by molar-refractivity contribution is -0.134. The number of rotatable bonds is 6. The van der Waals surface area contributed by atoms with Crippen molar-refractivity contribution < 1.29 is 19.1 Å². The summed E-state index contributed by atoms with van der Waals surface area (Å²) in [6, 6.07) is 19.6. The lowest BCUT2D eigenvalue weighted by Crippen LogP contribution is -2.38. The number of likely N-dealkylation sites (tertiary alicyclic amines) is 1. The standard InChI is InChI=1S/C32H33N5O4/c38-30(36-12-2-1-3-13-36)21-41-26-8-4-22(5-9-26)31-33-28-11-7-25(19-29(28)34-31)37-20-23-18-24(6-10-27(23)32(37)39)35-14-16-40-17-15-35/h4-11,18-19H,1-3,12-17,20-21H2,(H,33,34). The summed E-state index contributed by atoms with van der Waals surface area (Å²) < 4.78 is 11.2. The van der Waals surface area contributed by atoms with E-state index < -0.39 is 0 Å². The van der Waals surface area contributed by atoms with Crippen molar-refractivity contribution in [3.8, 4) is 17.1 Å². The van der Waals surface area contributed by atoms with E-state index in [2.05, 4.69) is 16.0 Å². The SMILES string of the molecule is O=C(COc1ccc(-c2nc3ccc(N4Cc5cc(N6CCOCC6)ccc5C4=O)cc3[nH]2)cc1)N1CCCCC1. The average molecular weight is 552 g/mol. The van der Waals surface area contributed by atoms with Crippen LogP contribution in [0.25, 0.3) is 22.4 Å². The smallest absolute Gasteiger partial charge is 0.260 e. The van der Waals surface area contributed by atoms with Crippen molar-refractivity contribution in [2.24, 2.45) is 0 Å². The number of H-pyrrole nitrogens is 1. The molecule has 0 bridgehead atoms. The molecule has 3 aliphatic rings. The number of fused-ring (bicyclic) bond motifs is 2. The van der Waals surface area contributed by atoms with Crippen LogP contribution in [0.1, 0.15) is 35.2 Å². The summed E-state index contributed by atoms with van der Waals surface area (Å²) >= 11 is 0. The zero-order valence-electron chi connectivity index (χ0n) is 23.0. The Labute approximate surface area is 238 Å². The molecular weight excluding hydrogens is 518 g/mol. The van der Waals surface area contributed by atoms with Crippen LogP contribution >= 0.6 is 0 Å². The molecule has 1 N–H and O–H groups in total. The minimum atomic E-state index is 0.0157. The van der Waals surface area contributed by atoms with E-state index in [9.17, 15) is 9.59 Å². The highest BCUT2D eigenvalue weighted by atomic mass is 16.5. The molecule has 7 rings (SSSR count). The molecule has 210 valence electrons. The summed E-state index contributed by atoms with van der Waals surface area (Å²) in [7, 11) is 0. The van der Waals surface area contributed by atoms with E-state index >= 15 is 0 Å². The molecule has 9 nitrogen and oxygen atoms in total. The van der Waals surface area contributed by atoms with Crippen LogP contribution < -0.4 is 14.5 Å². The third-order valence-electron chi connectivity index (χ3n) is 8.25. The molecule has 0 unspecified atom stereocenters. The van der Waals surface area contributed by atoms with Crippen LogP contribution in [0.15, 0.2) is 60.7 Å². The fraction of sp³-hybridized carbons (Fsp3) is 0.344. The van der Waals surface area contributed by atoms with Crippen LogP contribution in [-0.2, 0) is 16.1 Å². The van der Waals surface area contributed by atoms with E-state index in [1.54, 1.807) is 0 Å². The molecule has 41 heavy (non-hydrogen) atoms. The zero-order chi connectivity index (χ0) is 27.8. The second-order valence-corrected chi connectivity index (χ2v) is 10.9. The maximum Gasteiger partial charge on any atom is 0.260 e. The molecular formula is C32H33N5O4. The van der Waals surface area contributed by atoms with E-state index in [1.807, 2.05) is 64.4 Å². The van der Waals surface area contributed by atoms with Crippen molar-refractivity contribution in [3.05, 3.63) is 71.8 Å². The normalized spacial score (nSPS) is 17.3. The number of aromatic nitrogens is 2. The first-order valence-electron chi connectivity index (χ1n) is 14.4. The van der Waals surface area contributed by atoms with Crippen molar-refractivity contribution in [2.75, 3.05) is 55.8 Å². The largest absolute Gasteiger partial charge is 0.484 e. The molecule has 0 saturated carbocycles. The molecule has 1 aromatic heterocycles. The van der Waals surface area contributed by atoms with Gasteiger partial charge >= 0.3 is 0 Å². The second kappa shape index (κ2) is 10.9. The Kier molecular flexibility index (Phi) is 6.80. The average Bonchev–Trinajstić information content (AvgIpc) is 3.61. The number of morpholine rings is 1. The van der Waals surface area contributed by atoms with Crippen molar-refractivity contribution in [2.45, 2.75) is 25.8 Å². The molecule has 0 atom stereocenters. The monoisotopic (exact) mass is 551 g/mol. The number of nitrogens with zero attached hydrogens (tertiary/aromatic N) is 4. The predicted molar refractivity (Wildman–Crippen MR) is 157 cm³/mol. The number of ether oxygens (including phenoxy) is 2. The third-order valence-corrected chi connectivity index (χ3v) is 8.25. The highest BCUT2D eigenvalue weighted by molar-refractivity contribution is 6.10. The van der Waals surface area contributed by atoms with Gasteiger partial charge in [0, 0.05) is 48.7 Å². The Morgan fingerprint density at radius 1 is 0.902 bits per heavy atom. The van der Waals surface area contributed by atoms with Crippen molar-refractivity contribution in [3.63, 3.8) is 0 Å². The van der Waals surface area contributed by atoms with E-state index in [4.69, 9.17) is 14.5 Å². The van der Waals surface area contributed by atoms with Crippen LogP contribution in [0, 0.1) is 0 Å². The topological polar surface area (TPSA) is 91.0 Å². The molecule has 4 aromatic rings. The highest BCUT2D eigenvalue weighted by Crippen LogP contribution is 2.33. The maximum atomic E-state index is 13.3. The molecule has 0 spiro atoms. The summed E-state index contributed by atoms with van der Waals surface area (Å²) in [6.45, 7) is 5.43. The van der Waals surface area contributed by atoms with Crippen LogP contribution in [-0.4, -0.2) is 72.7 Å². The molecule has 2 fully saturated rings. The lowest BCUT2D eigenvalue weighted by atomic mass is 10.1. The zero-order valence-corrected chi connectivity index (χ0v) is 23.0. The van der Waals surface area contributed by atoms with Gasteiger partial charge in [-0.15, -0.1) is 0 Å². The minimum Gasteiger partial charge on any atom is -0.484 e. The van der Waals surface area contributed by atoms with Gasteiger partial charge in [0.25, 0.3) is 11.8 Å². The molecule has 3 aliphatic heterocycles. The molecule has 2 amide bonds. The Morgan fingerprint density at radius 3 is 2.49 bits per heavy atom. The first-order chi connectivity index (χ1) is 20.1. The Morgan fingerprint density at radius 2 is 1.68 bits per heavy atom. The van der Waals surface area contributed by atoms with E-state index in [0.29, 0.717) is 12.3 Å². The quantitative estimate of drug-likeness (QED) is 0.376. The van der Waals surface area contributed by atoms with Gasteiger partial charge in [-0.05, 0) is 85.5 Å². The fourth-order valence-corrected chi connectivity index (χ4v) is 5.92. The fourth-order valence-electron chi connectivity index (χ4n) is 5.92. The van der Waals surface area contributed by atoms with Gasteiger partial charge in [-0.25, -0.2) is 4.98 Å². The summed E-state index contributed by atoms with van der Waals surface area (Å²) in [6.07, 6.45) is 3.32. The number of hydrogen-bond donors (Lipinski definition) is 1. The van der Waals surface area contributed by atoms with E-state index in [1.165, 1.54) is 6.42 Å². The second-order valence-electron chi connectivity index (χ2n) is 10.9. The summed E-state index contributed by atoms with van der Waals surface area (Å²) in [5.74, 6) is 1.45. The minimum absolute atomic E-state index is 0.0157. The number of nitrogens with one attached hydrogen (secondary N) is 1.